The van der Waals surface area contributed by atoms with Crippen LogP contribution in [-0.4, -0.2) is 20.9 Å². The number of nitrogens with zero attached hydrogens (tertiary/aromatic N) is 2. The molecule has 0 unspecified atom stereocenters. The van der Waals surface area contributed by atoms with Gasteiger partial charge < -0.3 is 9.84 Å². The van der Waals surface area contributed by atoms with Gasteiger partial charge in [-0.1, -0.05) is 63.7 Å². The quantitative estimate of drug-likeness (QED) is 0.453. The second kappa shape index (κ2) is 7.62. The van der Waals surface area contributed by atoms with Gasteiger partial charge in [-0.3, -0.25) is 4.79 Å². The fourth-order valence-corrected chi connectivity index (χ4v) is 2.77. The smallest absolute Gasteiger partial charge is 0.257 e. The summed E-state index contributed by atoms with van der Waals surface area (Å²) in [7, 11) is 0. The molecule has 2 aromatic heterocycles. The lowest BCUT2D eigenvalue weighted by Crippen LogP contribution is -2.18. The minimum absolute atomic E-state index is 0.226. The lowest BCUT2D eigenvalue weighted by Gasteiger charge is -2.06. The van der Waals surface area contributed by atoms with Crippen LogP contribution >= 0.6 is 46.4 Å². The molecule has 1 amide bonds. The van der Waals surface area contributed by atoms with E-state index in [2.05, 4.69) is 15.5 Å². The van der Waals surface area contributed by atoms with E-state index in [1.165, 1.54) is 6.20 Å². The van der Waals surface area contributed by atoms with Gasteiger partial charge >= 0.3 is 0 Å². The molecule has 25 heavy (non-hydrogen) atoms. The molecule has 0 fully saturated rings. The highest BCUT2D eigenvalue weighted by Crippen LogP contribution is 2.35. The van der Waals surface area contributed by atoms with Crippen LogP contribution < -0.4 is 5.32 Å². The number of hydrogen-bond donors (Lipinski definition) is 1. The van der Waals surface area contributed by atoms with Gasteiger partial charge in [0.25, 0.3) is 5.91 Å². The summed E-state index contributed by atoms with van der Waals surface area (Å²) >= 11 is 23.3. The minimum Gasteiger partial charge on any atom is -0.356 e. The highest BCUT2D eigenvalue weighted by atomic mass is 35.5. The molecule has 0 aliphatic carbocycles. The van der Waals surface area contributed by atoms with E-state index in [1.54, 1.807) is 36.4 Å². The van der Waals surface area contributed by atoms with Gasteiger partial charge in [-0.05, 0) is 18.2 Å². The first-order valence-corrected chi connectivity index (χ1v) is 8.55. The summed E-state index contributed by atoms with van der Waals surface area (Å²) in [6.07, 6.45) is 1.50. The van der Waals surface area contributed by atoms with Gasteiger partial charge in [0.1, 0.15) is 10.8 Å². The summed E-state index contributed by atoms with van der Waals surface area (Å²) in [6.45, 7) is 0. The number of halogens is 4. The Kier molecular flexibility index (Phi) is 5.49. The Morgan fingerprint density at radius 1 is 1.16 bits per heavy atom. The van der Waals surface area contributed by atoms with E-state index >= 15 is 0 Å². The predicted octanol–water partition coefficient (Wildman–Crippen LogP) is 5.45. The van der Waals surface area contributed by atoms with Crippen molar-refractivity contribution >= 4 is 58.0 Å². The van der Waals surface area contributed by atoms with Gasteiger partial charge in [0, 0.05) is 23.5 Å². The topological polar surface area (TPSA) is 68.0 Å². The van der Waals surface area contributed by atoms with Crippen molar-refractivity contribution in [3.05, 3.63) is 52.8 Å². The molecule has 1 aromatic carbocycles. The first-order chi connectivity index (χ1) is 12.0. The highest BCUT2D eigenvalue weighted by molar-refractivity contribution is 6.54. The van der Waals surface area contributed by atoms with Crippen molar-refractivity contribution in [2.75, 3.05) is 5.32 Å². The Morgan fingerprint density at radius 2 is 1.96 bits per heavy atom. The van der Waals surface area contributed by atoms with Crippen LogP contribution in [0.1, 0.15) is 0 Å². The van der Waals surface area contributed by atoms with E-state index in [1.807, 2.05) is 0 Å². The van der Waals surface area contributed by atoms with E-state index in [4.69, 9.17) is 50.9 Å². The van der Waals surface area contributed by atoms with Gasteiger partial charge in [0.05, 0.1) is 10.6 Å². The number of benzene rings is 1. The maximum Gasteiger partial charge on any atom is 0.257 e. The Hall–Kier alpha value is -1.79. The van der Waals surface area contributed by atoms with Gasteiger partial charge in [0.2, 0.25) is 0 Å². The van der Waals surface area contributed by atoms with Crippen LogP contribution in [0.15, 0.2) is 47.1 Å². The third-order valence-electron chi connectivity index (χ3n) is 3.23. The van der Waals surface area contributed by atoms with Crippen LogP contribution in [-0.2, 0) is 4.79 Å². The van der Waals surface area contributed by atoms with E-state index in [0.29, 0.717) is 33.3 Å². The highest BCUT2D eigenvalue weighted by Gasteiger charge is 2.16. The van der Waals surface area contributed by atoms with Gasteiger partial charge in [-0.25, -0.2) is 4.98 Å². The fraction of sp³-hybridized carbons (Fsp3) is 0.0625. The van der Waals surface area contributed by atoms with Crippen molar-refractivity contribution in [3.63, 3.8) is 0 Å². The monoisotopic (exact) mass is 415 g/mol. The second-order valence-corrected chi connectivity index (χ2v) is 6.77. The van der Waals surface area contributed by atoms with Crippen LogP contribution in [0.3, 0.4) is 0 Å². The van der Waals surface area contributed by atoms with Crippen molar-refractivity contribution in [1.82, 2.24) is 10.1 Å². The lowest BCUT2D eigenvalue weighted by atomic mass is 10.1. The number of pyridine rings is 1. The third-order valence-corrected chi connectivity index (χ3v) is 4.23. The molecular formula is C16H9Cl4N3O2. The van der Waals surface area contributed by atoms with Crippen molar-refractivity contribution in [3.8, 4) is 22.6 Å². The van der Waals surface area contributed by atoms with Crippen LogP contribution in [0.4, 0.5) is 5.69 Å². The summed E-state index contributed by atoms with van der Waals surface area (Å²) in [5.74, 6) is -0.0527. The molecule has 3 rings (SSSR count). The molecule has 0 saturated heterocycles. The van der Waals surface area contributed by atoms with Crippen molar-refractivity contribution < 1.29 is 9.32 Å². The molecule has 3 aromatic rings. The first-order valence-electron chi connectivity index (χ1n) is 6.92. The standard InChI is InChI=1S/C16H9Cl4N3O2/c17-10-4-5-21-15(20)13(10)11-7-12(25-23-11)8-2-1-3-9(6-8)22-16(24)14(18)19/h1-7,14H,(H,22,24). The second-order valence-electron chi connectivity index (χ2n) is 4.91. The Bertz CT molecular complexity index is 907. The SMILES string of the molecule is O=C(Nc1cccc(-c2cc(-c3c(Cl)ccnc3Cl)no2)c1)C(Cl)Cl. The van der Waals surface area contributed by atoms with Crippen LogP contribution in [0.25, 0.3) is 22.6 Å². The molecular weight excluding hydrogens is 408 g/mol. The zero-order chi connectivity index (χ0) is 18.0. The van der Waals surface area contributed by atoms with Crippen LogP contribution in [0.5, 0.6) is 0 Å². The minimum atomic E-state index is -1.16. The van der Waals surface area contributed by atoms with Gasteiger partial charge in [-0.2, -0.15) is 0 Å². The Balaban J connectivity index is 1.92. The molecule has 0 bridgehead atoms. The molecule has 128 valence electrons. The number of anilines is 1. The summed E-state index contributed by atoms with van der Waals surface area (Å²) in [5, 5.41) is 7.22. The van der Waals surface area contributed by atoms with Gasteiger partial charge in [0.15, 0.2) is 10.6 Å². The summed E-state index contributed by atoms with van der Waals surface area (Å²) < 4.78 is 5.36. The normalized spacial score (nSPS) is 10.9. The summed E-state index contributed by atoms with van der Waals surface area (Å²) in [4.78, 5) is 14.4. The summed E-state index contributed by atoms with van der Waals surface area (Å²) in [6, 6.07) is 10.2. The average Bonchev–Trinajstić information content (AvgIpc) is 3.04. The number of amides is 1. The average molecular weight is 417 g/mol. The van der Waals surface area contributed by atoms with E-state index in [9.17, 15) is 4.79 Å². The van der Waals surface area contributed by atoms with E-state index in [-0.39, 0.29) is 5.15 Å². The van der Waals surface area contributed by atoms with E-state index < -0.39 is 10.7 Å². The van der Waals surface area contributed by atoms with Crippen LogP contribution in [0.2, 0.25) is 10.2 Å². The zero-order valence-corrected chi connectivity index (χ0v) is 15.4. The molecule has 2 heterocycles. The molecule has 0 aliphatic heterocycles. The lowest BCUT2D eigenvalue weighted by molar-refractivity contribution is -0.114. The van der Waals surface area contributed by atoms with Crippen molar-refractivity contribution in [2.45, 2.75) is 4.84 Å². The van der Waals surface area contributed by atoms with E-state index in [0.717, 1.165) is 0 Å². The number of carbonyl (C=O) groups excluding carboxylic acids is 1. The first kappa shape index (κ1) is 18.0. The Labute approximate surface area is 162 Å². The number of alkyl halides is 2. The van der Waals surface area contributed by atoms with Crippen molar-refractivity contribution in [2.24, 2.45) is 0 Å². The summed E-state index contributed by atoms with van der Waals surface area (Å²) in [5.41, 5.74) is 2.14. The third kappa shape index (κ3) is 4.07. The maximum atomic E-state index is 11.6. The fourth-order valence-electron chi connectivity index (χ4n) is 2.12. The molecule has 0 radical (unpaired) electrons. The zero-order valence-electron chi connectivity index (χ0n) is 12.3. The molecule has 0 saturated carbocycles. The molecule has 5 nitrogen and oxygen atoms in total. The number of carbonyl (C=O) groups is 1. The molecule has 0 spiro atoms. The number of nitrogens with one attached hydrogen (secondary N) is 1. The number of hydrogen-bond acceptors (Lipinski definition) is 4. The molecule has 0 atom stereocenters. The molecule has 1 N–H and O–H groups in total. The van der Waals surface area contributed by atoms with Crippen LogP contribution in [0, 0.1) is 0 Å². The molecule has 0 aliphatic rings. The van der Waals surface area contributed by atoms with Crippen molar-refractivity contribution in [1.29, 1.82) is 0 Å². The Morgan fingerprint density at radius 3 is 2.68 bits per heavy atom. The largest absolute Gasteiger partial charge is 0.356 e. The number of rotatable bonds is 4. The van der Waals surface area contributed by atoms with Gasteiger partial charge in [-0.15, -0.1) is 0 Å². The maximum absolute atomic E-state index is 11.6. The predicted molar refractivity (Wildman–Crippen MR) is 99.3 cm³/mol. The number of aromatic nitrogens is 2. The molecule has 9 heteroatoms.